The molecule has 0 radical (unpaired) electrons. The number of hydrogen-bond donors (Lipinski definition) is 1. The van der Waals surface area contributed by atoms with E-state index in [1.165, 1.54) is 31.0 Å². The van der Waals surface area contributed by atoms with Gasteiger partial charge >= 0.3 is 0 Å². The van der Waals surface area contributed by atoms with Crippen LogP contribution in [0.15, 0.2) is 29.4 Å². The summed E-state index contributed by atoms with van der Waals surface area (Å²) >= 11 is 1.51. The molecule has 1 saturated carbocycles. The van der Waals surface area contributed by atoms with Crippen molar-refractivity contribution in [3.63, 3.8) is 0 Å². The molecule has 1 unspecified atom stereocenters. The fourth-order valence-electron chi connectivity index (χ4n) is 4.56. The van der Waals surface area contributed by atoms with Gasteiger partial charge in [0.2, 0.25) is 5.91 Å². The Balaban J connectivity index is 1.44. The van der Waals surface area contributed by atoms with Crippen molar-refractivity contribution in [3.05, 3.63) is 30.1 Å². The maximum atomic E-state index is 12.9. The van der Waals surface area contributed by atoms with E-state index in [1.807, 2.05) is 29.2 Å². The molecule has 0 bridgehead atoms. The Kier molecular flexibility index (Phi) is 8.50. The predicted octanol–water partition coefficient (Wildman–Crippen LogP) is 4.13. The molecule has 1 amide bonds. The third-order valence-corrected chi connectivity index (χ3v) is 7.39. The summed E-state index contributed by atoms with van der Waals surface area (Å²) in [6.07, 6.45) is 7.07. The third kappa shape index (κ3) is 6.20. The van der Waals surface area contributed by atoms with Gasteiger partial charge in [0.15, 0.2) is 11.0 Å². The first kappa shape index (κ1) is 23.9. The van der Waals surface area contributed by atoms with Crippen LogP contribution >= 0.6 is 11.8 Å². The highest BCUT2D eigenvalue weighted by Gasteiger charge is 2.26. The fourth-order valence-corrected chi connectivity index (χ4v) is 5.48. The van der Waals surface area contributed by atoms with Crippen LogP contribution in [0.2, 0.25) is 0 Å². The minimum absolute atomic E-state index is 0.146. The molecule has 1 aromatic carbocycles. The smallest absolute Gasteiger partial charge is 0.233 e. The van der Waals surface area contributed by atoms with Crippen LogP contribution in [0.4, 0.5) is 5.69 Å². The fraction of sp³-hybridized carbons (Fsp3) is 0.625. The van der Waals surface area contributed by atoms with Gasteiger partial charge in [-0.2, -0.15) is 0 Å². The van der Waals surface area contributed by atoms with E-state index in [9.17, 15) is 4.79 Å². The first-order valence-electron chi connectivity index (χ1n) is 12.0. The molecule has 2 heterocycles. The average Bonchev–Trinajstić information content (AvgIpc) is 3.29. The van der Waals surface area contributed by atoms with Crippen LogP contribution in [0.1, 0.15) is 57.3 Å². The maximum absolute atomic E-state index is 12.9. The van der Waals surface area contributed by atoms with Crippen molar-refractivity contribution in [3.8, 4) is 5.75 Å². The average molecular weight is 474 g/mol. The lowest BCUT2D eigenvalue weighted by Crippen LogP contribution is -2.46. The van der Waals surface area contributed by atoms with E-state index in [-0.39, 0.29) is 12.0 Å². The number of morpholine rings is 1. The number of aromatic nitrogens is 3. The van der Waals surface area contributed by atoms with Crippen LogP contribution in [0.25, 0.3) is 0 Å². The lowest BCUT2D eigenvalue weighted by molar-refractivity contribution is -0.135. The normalized spacial score (nSPS) is 19.5. The highest BCUT2D eigenvalue weighted by Crippen LogP contribution is 2.33. The van der Waals surface area contributed by atoms with Crippen molar-refractivity contribution in [1.29, 1.82) is 0 Å². The minimum atomic E-state index is 0.146. The highest BCUT2D eigenvalue weighted by atomic mass is 32.2. The van der Waals surface area contributed by atoms with Gasteiger partial charge in [-0.3, -0.25) is 4.79 Å². The first-order valence-corrected chi connectivity index (χ1v) is 13.0. The molecule has 1 aliphatic carbocycles. The van der Waals surface area contributed by atoms with Gasteiger partial charge < -0.3 is 24.3 Å². The molecular formula is C24H35N5O3S. The second-order valence-electron chi connectivity index (χ2n) is 8.68. The van der Waals surface area contributed by atoms with Crippen LogP contribution < -0.4 is 10.1 Å². The quantitative estimate of drug-likeness (QED) is 0.548. The monoisotopic (exact) mass is 473 g/mol. The van der Waals surface area contributed by atoms with Crippen molar-refractivity contribution < 1.29 is 14.3 Å². The molecule has 1 aliphatic heterocycles. The number of thioether (sulfide) groups is 1. The van der Waals surface area contributed by atoms with Crippen LogP contribution in [0.3, 0.4) is 0 Å². The van der Waals surface area contributed by atoms with Crippen LogP contribution in [0, 0.1) is 0 Å². The molecule has 2 aliphatic rings. The van der Waals surface area contributed by atoms with Gasteiger partial charge in [0.05, 0.1) is 32.1 Å². The van der Waals surface area contributed by atoms with Gasteiger partial charge in [-0.05, 0) is 31.4 Å². The van der Waals surface area contributed by atoms with E-state index in [0.717, 1.165) is 41.7 Å². The van der Waals surface area contributed by atoms with Crippen molar-refractivity contribution >= 4 is 23.4 Å². The number of carbonyl (C=O) groups is 1. The molecule has 33 heavy (non-hydrogen) atoms. The number of ether oxygens (including phenoxy) is 2. The number of amides is 1. The van der Waals surface area contributed by atoms with Gasteiger partial charge in [0, 0.05) is 30.9 Å². The number of nitrogens with one attached hydrogen (secondary N) is 1. The van der Waals surface area contributed by atoms with E-state index in [4.69, 9.17) is 9.47 Å². The Labute approximate surface area is 200 Å². The zero-order valence-corrected chi connectivity index (χ0v) is 20.5. The molecule has 9 heteroatoms. The van der Waals surface area contributed by atoms with E-state index in [2.05, 4.69) is 27.0 Å². The highest BCUT2D eigenvalue weighted by molar-refractivity contribution is 7.99. The summed E-state index contributed by atoms with van der Waals surface area (Å²) < 4.78 is 13.3. The van der Waals surface area contributed by atoms with Gasteiger partial charge in [-0.15, -0.1) is 10.2 Å². The van der Waals surface area contributed by atoms with Crippen LogP contribution in [-0.2, 0) is 16.1 Å². The second kappa shape index (κ2) is 11.7. The van der Waals surface area contributed by atoms with Gasteiger partial charge in [-0.25, -0.2) is 0 Å². The molecular weight excluding hydrogens is 438 g/mol. The molecule has 4 rings (SSSR count). The lowest BCUT2D eigenvalue weighted by Gasteiger charge is -2.32. The summed E-state index contributed by atoms with van der Waals surface area (Å²) in [7, 11) is 1.67. The van der Waals surface area contributed by atoms with E-state index in [0.29, 0.717) is 38.0 Å². The Bertz CT molecular complexity index is 915. The Hall–Kier alpha value is -2.26. The topological polar surface area (TPSA) is 81.5 Å². The number of nitrogens with zero attached hydrogens (tertiary/aromatic N) is 4. The standard InChI is InChI=1S/C24H35N5O3S/c1-3-20-16-28(12-13-32-20)23(30)17-33-24-27-26-22(29(24)19-9-5-4-6-10-19)15-25-18-8-7-11-21(14-18)31-2/h7-8,11,14,19-20,25H,3-6,9-10,12-13,15-17H2,1-2H3. The summed E-state index contributed by atoms with van der Waals surface area (Å²) in [5.74, 6) is 2.26. The first-order chi connectivity index (χ1) is 16.2. The number of methoxy groups -OCH3 is 1. The molecule has 1 aromatic heterocycles. The SMILES string of the molecule is CCC1CN(C(=O)CSc2nnc(CNc3cccc(OC)c3)n2C2CCCCC2)CCO1. The van der Waals surface area contributed by atoms with Crippen molar-refractivity contribution in [2.45, 2.75) is 69.3 Å². The van der Waals surface area contributed by atoms with Crippen molar-refractivity contribution in [2.24, 2.45) is 0 Å². The summed E-state index contributed by atoms with van der Waals surface area (Å²) in [6.45, 7) is 4.64. The van der Waals surface area contributed by atoms with Gasteiger partial charge in [-0.1, -0.05) is 44.0 Å². The molecule has 1 N–H and O–H groups in total. The number of hydrogen-bond acceptors (Lipinski definition) is 7. The summed E-state index contributed by atoms with van der Waals surface area (Å²) in [6, 6.07) is 8.28. The second-order valence-corrected chi connectivity index (χ2v) is 9.62. The summed E-state index contributed by atoms with van der Waals surface area (Å²) in [5, 5.41) is 13.3. The number of anilines is 1. The number of carbonyl (C=O) groups excluding carboxylic acids is 1. The minimum Gasteiger partial charge on any atom is -0.497 e. The van der Waals surface area contributed by atoms with Crippen molar-refractivity contribution in [1.82, 2.24) is 19.7 Å². The zero-order chi connectivity index (χ0) is 23.0. The molecule has 180 valence electrons. The summed E-state index contributed by atoms with van der Waals surface area (Å²) in [4.78, 5) is 14.8. The molecule has 2 aromatic rings. The van der Waals surface area contributed by atoms with E-state index in [1.54, 1.807) is 7.11 Å². The predicted molar refractivity (Wildman–Crippen MR) is 130 cm³/mol. The Morgan fingerprint density at radius 1 is 1.27 bits per heavy atom. The lowest BCUT2D eigenvalue weighted by atomic mass is 9.95. The number of rotatable bonds is 9. The van der Waals surface area contributed by atoms with Crippen molar-refractivity contribution in [2.75, 3.05) is 37.9 Å². The van der Waals surface area contributed by atoms with Crippen LogP contribution in [-0.4, -0.2) is 64.2 Å². The van der Waals surface area contributed by atoms with Gasteiger partial charge in [0.25, 0.3) is 0 Å². The van der Waals surface area contributed by atoms with Gasteiger partial charge in [0.1, 0.15) is 5.75 Å². The largest absolute Gasteiger partial charge is 0.497 e. The number of benzene rings is 1. The molecule has 0 spiro atoms. The van der Waals surface area contributed by atoms with Crippen LogP contribution in [0.5, 0.6) is 5.75 Å². The Morgan fingerprint density at radius 3 is 2.91 bits per heavy atom. The molecule has 2 fully saturated rings. The molecule has 1 atom stereocenters. The van der Waals surface area contributed by atoms with E-state index >= 15 is 0 Å². The third-order valence-electron chi connectivity index (χ3n) is 6.47. The maximum Gasteiger partial charge on any atom is 0.233 e. The zero-order valence-electron chi connectivity index (χ0n) is 19.7. The summed E-state index contributed by atoms with van der Waals surface area (Å²) in [5.41, 5.74) is 0.981. The Morgan fingerprint density at radius 2 is 2.12 bits per heavy atom. The van der Waals surface area contributed by atoms with E-state index < -0.39 is 0 Å². The molecule has 8 nitrogen and oxygen atoms in total. The molecule has 1 saturated heterocycles.